The zero-order chi connectivity index (χ0) is 26.4. The van der Waals surface area contributed by atoms with Crippen LogP contribution in [0, 0.1) is 5.41 Å². The Kier molecular flexibility index (Phi) is 8.46. The van der Waals surface area contributed by atoms with Crippen LogP contribution in [-0.4, -0.2) is 48.5 Å². The standard InChI is InChI=1S/C24H31FN8O3/c1-3-31-33(2)21-20(25)18(11-19(34)30-12-13-6-4-5-7-17(13)22(28)29)24(32-23(21)35)36-16-9-14(26)8-15(27)10-16/h4-10,20-21,31H,3,11-12,26-27H2,1-2H3,(H3,28,29)(H,30,34)(H,32,35). The number of alkyl halides is 1. The lowest BCUT2D eigenvalue weighted by Gasteiger charge is -2.35. The number of anilines is 2. The van der Waals surface area contributed by atoms with E-state index >= 15 is 4.39 Å². The quantitative estimate of drug-likeness (QED) is 0.108. The van der Waals surface area contributed by atoms with Crippen LogP contribution >= 0.6 is 0 Å². The molecular weight excluding hydrogens is 467 g/mol. The Bertz CT molecular complexity index is 1170. The fourth-order valence-electron chi connectivity index (χ4n) is 3.89. The average Bonchev–Trinajstić information content (AvgIpc) is 2.79. The second-order valence-electron chi connectivity index (χ2n) is 8.27. The number of ether oxygens (including phenoxy) is 1. The second-order valence-corrected chi connectivity index (χ2v) is 8.27. The van der Waals surface area contributed by atoms with E-state index in [1.54, 1.807) is 31.3 Å². The van der Waals surface area contributed by atoms with Crippen molar-refractivity contribution in [1.29, 1.82) is 5.41 Å². The molecule has 192 valence electrons. The first-order chi connectivity index (χ1) is 17.1. The van der Waals surface area contributed by atoms with Crippen molar-refractivity contribution in [2.24, 2.45) is 5.73 Å². The number of nitrogen functional groups attached to an aromatic ring is 3. The number of nitrogens with one attached hydrogen (secondary N) is 4. The highest BCUT2D eigenvalue weighted by Gasteiger charge is 2.42. The number of carbonyl (C=O) groups excluding carboxylic acids is 2. The van der Waals surface area contributed by atoms with Crippen LogP contribution in [0.4, 0.5) is 15.8 Å². The first-order valence-electron chi connectivity index (χ1n) is 11.3. The van der Waals surface area contributed by atoms with E-state index in [1.165, 1.54) is 23.2 Å². The summed E-state index contributed by atoms with van der Waals surface area (Å²) in [6, 6.07) is 10.1. The lowest BCUT2D eigenvalue weighted by molar-refractivity contribution is -0.131. The van der Waals surface area contributed by atoms with Gasteiger partial charge in [0.25, 0.3) is 0 Å². The summed E-state index contributed by atoms with van der Waals surface area (Å²) in [6.45, 7) is 2.36. The molecule has 1 aliphatic rings. The Morgan fingerprint density at radius 3 is 2.53 bits per heavy atom. The van der Waals surface area contributed by atoms with Crippen molar-refractivity contribution in [1.82, 2.24) is 21.1 Å². The number of nitrogens with two attached hydrogens (primary N) is 3. The maximum absolute atomic E-state index is 15.8. The van der Waals surface area contributed by atoms with Crippen LogP contribution < -0.4 is 38.0 Å². The van der Waals surface area contributed by atoms with E-state index in [0.29, 0.717) is 29.0 Å². The molecule has 2 unspecified atom stereocenters. The molecule has 2 aromatic carbocycles. The monoisotopic (exact) mass is 498 g/mol. The molecule has 12 heteroatoms. The van der Waals surface area contributed by atoms with Gasteiger partial charge >= 0.3 is 0 Å². The van der Waals surface area contributed by atoms with Gasteiger partial charge in [-0.05, 0) is 11.6 Å². The summed E-state index contributed by atoms with van der Waals surface area (Å²) in [5.41, 5.74) is 21.8. The number of hydrogen-bond acceptors (Lipinski definition) is 8. The number of likely N-dealkylation sites (N-methyl/N-ethyl adjacent to an activating group) is 1. The molecule has 10 N–H and O–H groups in total. The van der Waals surface area contributed by atoms with Crippen molar-refractivity contribution in [3.63, 3.8) is 0 Å². The molecule has 1 heterocycles. The number of benzene rings is 2. The number of amides is 2. The van der Waals surface area contributed by atoms with Gasteiger partial charge in [0.2, 0.25) is 17.7 Å². The fraction of sp³-hybridized carbons (Fsp3) is 0.292. The largest absolute Gasteiger partial charge is 0.441 e. The van der Waals surface area contributed by atoms with Crippen LogP contribution in [0.15, 0.2) is 53.9 Å². The van der Waals surface area contributed by atoms with Crippen LogP contribution in [0.1, 0.15) is 24.5 Å². The van der Waals surface area contributed by atoms with Crippen molar-refractivity contribution < 1.29 is 18.7 Å². The van der Waals surface area contributed by atoms with Crippen LogP contribution in [0.3, 0.4) is 0 Å². The number of nitrogens with zero attached hydrogens (tertiary/aromatic N) is 1. The topological polar surface area (TPSA) is 185 Å². The zero-order valence-electron chi connectivity index (χ0n) is 20.1. The lowest BCUT2D eigenvalue weighted by Crippen LogP contribution is -2.59. The van der Waals surface area contributed by atoms with Gasteiger partial charge in [0.1, 0.15) is 17.6 Å². The van der Waals surface area contributed by atoms with Gasteiger partial charge in [0.05, 0.1) is 6.42 Å². The van der Waals surface area contributed by atoms with Gasteiger partial charge < -0.3 is 27.3 Å². The van der Waals surface area contributed by atoms with E-state index < -0.39 is 30.4 Å². The number of halogens is 1. The molecule has 11 nitrogen and oxygen atoms in total. The Morgan fingerprint density at radius 2 is 1.89 bits per heavy atom. The van der Waals surface area contributed by atoms with Gasteiger partial charge in [-0.3, -0.25) is 25.7 Å². The molecule has 0 bridgehead atoms. The molecule has 1 aliphatic heterocycles. The second kappa shape index (κ2) is 11.5. The van der Waals surface area contributed by atoms with Gasteiger partial charge in [0.15, 0.2) is 6.17 Å². The lowest BCUT2D eigenvalue weighted by atomic mass is 9.96. The van der Waals surface area contributed by atoms with Gasteiger partial charge in [-0.1, -0.05) is 31.2 Å². The van der Waals surface area contributed by atoms with Crippen LogP contribution in [0.25, 0.3) is 0 Å². The Labute approximate surface area is 208 Å². The van der Waals surface area contributed by atoms with E-state index in [4.69, 9.17) is 27.3 Å². The molecule has 0 radical (unpaired) electrons. The molecule has 3 rings (SSSR count). The molecule has 0 saturated carbocycles. The Hall–Kier alpha value is -4.16. The maximum Gasteiger partial charge on any atom is 0.248 e. The third-order valence-electron chi connectivity index (χ3n) is 5.54. The summed E-state index contributed by atoms with van der Waals surface area (Å²) in [5.74, 6) is -1.30. The normalized spacial score (nSPS) is 17.6. The van der Waals surface area contributed by atoms with Gasteiger partial charge in [-0.25, -0.2) is 9.40 Å². The first kappa shape index (κ1) is 26.4. The summed E-state index contributed by atoms with van der Waals surface area (Å²) in [7, 11) is 1.54. The van der Waals surface area contributed by atoms with Crippen LogP contribution in [0.2, 0.25) is 0 Å². The predicted octanol–water partition coefficient (Wildman–Crippen LogP) is 0.725. The van der Waals surface area contributed by atoms with Crippen molar-refractivity contribution in [3.05, 3.63) is 65.0 Å². The number of carbonyl (C=O) groups is 2. The van der Waals surface area contributed by atoms with E-state index in [-0.39, 0.29) is 29.6 Å². The summed E-state index contributed by atoms with van der Waals surface area (Å²) in [4.78, 5) is 25.6. The molecule has 0 fully saturated rings. The zero-order valence-corrected chi connectivity index (χ0v) is 20.1. The average molecular weight is 499 g/mol. The molecular formula is C24H31FN8O3. The minimum absolute atomic E-state index is 0.0531. The summed E-state index contributed by atoms with van der Waals surface area (Å²) < 4.78 is 21.5. The van der Waals surface area contributed by atoms with E-state index in [2.05, 4.69) is 16.1 Å². The molecule has 0 aromatic heterocycles. The van der Waals surface area contributed by atoms with Crippen LogP contribution in [0.5, 0.6) is 5.75 Å². The molecule has 2 atom stereocenters. The summed E-state index contributed by atoms with van der Waals surface area (Å²) >= 11 is 0. The van der Waals surface area contributed by atoms with Crippen LogP contribution in [-0.2, 0) is 16.1 Å². The number of amidine groups is 1. The molecule has 0 saturated heterocycles. The Morgan fingerprint density at radius 1 is 1.22 bits per heavy atom. The van der Waals surface area contributed by atoms with Gasteiger partial charge in [-0.2, -0.15) is 0 Å². The molecule has 0 aliphatic carbocycles. The smallest absolute Gasteiger partial charge is 0.248 e. The minimum atomic E-state index is -1.86. The molecule has 2 aromatic rings. The summed E-state index contributed by atoms with van der Waals surface area (Å²) in [5, 5.41) is 14.3. The molecule has 0 spiro atoms. The molecule has 36 heavy (non-hydrogen) atoms. The fourth-order valence-corrected chi connectivity index (χ4v) is 3.89. The van der Waals surface area contributed by atoms with Crippen molar-refractivity contribution in [3.8, 4) is 5.75 Å². The minimum Gasteiger partial charge on any atom is -0.441 e. The first-order valence-corrected chi connectivity index (χ1v) is 11.3. The third-order valence-corrected chi connectivity index (χ3v) is 5.54. The van der Waals surface area contributed by atoms with E-state index in [9.17, 15) is 9.59 Å². The highest BCUT2D eigenvalue weighted by Crippen LogP contribution is 2.29. The van der Waals surface area contributed by atoms with Crippen molar-refractivity contribution >= 4 is 29.0 Å². The SMILES string of the molecule is CCNN(C)C1C(=O)NC(Oc2cc(N)cc(N)c2)=C(CC(=O)NCc2ccccc2C(=N)N)C1F. The van der Waals surface area contributed by atoms with Crippen molar-refractivity contribution in [2.75, 3.05) is 25.1 Å². The Balaban J connectivity index is 1.88. The number of hydrazine groups is 1. The van der Waals surface area contributed by atoms with E-state index in [1.807, 2.05) is 6.92 Å². The van der Waals surface area contributed by atoms with Gasteiger partial charge in [-0.15, -0.1) is 0 Å². The highest BCUT2D eigenvalue weighted by molar-refractivity contribution is 5.96. The van der Waals surface area contributed by atoms with Gasteiger partial charge in [0, 0.05) is 54.8 Å². The maximum atomic E-state index is 15.8. The number of rotatable bonds is 10. The summed E-state index contributed by atoms with van der Waals surface area (Å²) in [6.07, 6.45) is -2.25. The third kappa shape index (κ3) is 6.29. The predicted molar refractivity (Wildman–Crippen MR) is 135 cm³/mol. The molecule has 2 amide bonds. The highest BCUT2D eigenvalue weighted by atomic mass is 19.1. The number of hydrogen-bond donors (Lipinski definition) is 7. The van der Waals surface area contributed by atoms with Crippen molar-refractivity contribution in [2.45, 2.75) is 32.1 Å². The van der Waals surface area contributed by atoms with E-state index in [0.717, 1.165) is 0 Å².